The molecule has 106 valence electrons. The van der Waals surface area contributed by atoms with Gasteiger partial charge in [-0.25, -0.2) is 9.97 Å². The Bertz CT molecular complexity index is 738. The van der Waals surface area contributed by atoms with Gasteiger partial charge in [-0.05, 0) is 18.4 Å². The number of rotatable bonds is 4. The molecular formula is C14H12N4OS2. The lowest BCUT2D eigenvalue weighted by Gasteiger charge is -2.10. The van der Waals surface area contributed by atoms with Crippen molar-refractivity contribution in [2.75, 3.05) is 11.6 Å². The van der Waals surface area contributed by atoms with Gasteiger partial charge in [0.05, 0.1) is 6.20 Å². The number of carbonyl (C=O) groups is 1. The van der Waals surface area contributed by atoms with E-state index in [-0.39, 0.29) is 5.91 Å². The van der Waals surface area contributed by atoms with Gasteiger partial charge >= 0.3 is 0 Å². The summed E-state index contributed by atoms with van der Waals surface area (Å²) in [6.07, 6.45) is 5.17. The van der Waals surface area contributed by atoms with Crippen LogP contribution >= 0.6 is 23.1 Å². The summed E-state index contributed by atoms with van der Waals surface area (Å²) in [5, 5.41) is 5.95. The van der Waals surface area contributed by atoms with E-state index in [4.69, 9.17) is 0 Å². The lowest BCUT2D eigenvalue weighted by Crippen LogP contribution is -2.16. The number of benzene rings is 1. The number of carbonyl (C=O) groups excluding carboxylic acids is 1. The van der Waals surface area contributed by atoms with E-state index < -0.39 is 0 Å². The summed E-state index contributed by atoms with van der Waals surface area (Å²) in [5.41, 5.74) is 1.39. The van der Waals surface area contributed by atoms with Crippen LogP contribution in [0, 0.1) is 0 Å². The minimum atomic E-state index is -0.221. The number of nitrogens with one attached hydrogen (secondary N) is 1. The smallest absolute Gasteiger partial charge is 0.276 e. The van der Waals surface area contributed by atoms with E-state index in [9.17, 15) is 4.79 Å². The summed E-state index contributed by atoms with van der Waals surface area (Å²) in [6, 6.07) is 9.70. The zero-order valence-corrected chi connectivity index (χ0v) is 12.8. The van der Waals surface area contributed by atoms with Gasteiger partial charge in [0.1, 0.15) is 5.69 Å². The molecule has 2 heterocycles. The number of nitrogens with zero attached hydrogens (tertiary/aromatic N) is 3. The second-order valence-corrected chi connectivity index (χ2v) is 5.76. The first-order valence-corrected chi connectivity index (χ1v) is 8.28. The SMILES string of the molecule is CSc1ncc(C(=O)Nc2nccs2)n1-c1ccccc1. The Balaban J connectivity index is 1.99. The molecule has 0 unspecified atom stereocenters. The van der Waals surface area contributed by atoms with Crippen LogP contribution in [-0.4, -0.2) is 26.7 Å². The van der Waals surface area contributed by atoms with E-state index in [1.807, 2.05) is 46.5 Å². The molecule has 0 atom stereocenters. The van der Waals surface area contributed by atoms with Crippen LogP contribution in [0.4, 0.5) is 5.13 Å². The van der Waals surface area contributed by atoms with Crippen molar-refractivity contribution in [1.82, 2.24) is 14.5 Å². The summed E-state index contributed by atoms with van der Waals surface area (Å²) in [5.74, 6) is -0.221. The highest BCUT2D eigenvalue weighted by Gasteiger charge is 2.18. The molecule has 0 bridgehead atoms. The van der Waals surface area contributed by atoms with E-state index in [1.165, 1.54) is 23.1 Å². The van der Waals surface area contributed by atoms with Crippen molar-refractivity contribution in [2.45, 2.75) is 5.16 Å². The van der Waals surface area contributed by atoms with Crippen molar-refractivity contribution in [3.63, 3.8) is 0 Å². The van der Waals surface area contributed by atoms with E-state index in [0.717, 1.165) is 10.8 Å². The van der Waals surface area contributed by atoms with Crippen LogP contribution in [0.2, 0.25) is 0 Å². The van der Waals surface area contributed by atoms with E-state index in [2.05, 4.69) is 15.3 Å². The Morgan fingerprint density at radius 2 is 2.10 bits per heavy atom. The van der Waals surface area contributed by atoms with Gasteiger partial charge in [-0.1, -0.05) is 30.0 Å². The van der Waals surface area contributed by atoms with Gasteiger partial charge in [0.2, 0.25) is 0 Å². The van der Waals surface area contributed by atoms with Crippen LogP contribution in [0.3, 0.4) is 0 Å². The fourth-order valence-corrected chi connectivity index (χ4v) is 2.98. The molecule has 0 radical (unpaired) electrons. The molecule has 2 aromatic heterocycles. The fourth-order valence-electron chi connectivity index (χ4n) is 1.91. The first kappa shape index (κ1) is 13.8. The molecule has 0 aliphatic rings. The molecule has 0 spiro atoms. The van der Waals surface area contributed by atoms with E-state index in [0.29, 0.717) is 10.8 Å². The van der Waals surface area contributed by atoms with E-state index >= 15 is 0 Å². The molecule has 7 heteroatoms. The molecule has 0 fully saturated rings. The first-order chi connectivity index (χ1) is 10.3. The van der Waals surface area contributed by atoms with Gasteiger partial charge in [-0.15, -0.1) is 11.3 Å². The predicted molar refractivity (Wildman–Crippen MR) is 85.4 cm³/mol. The van der Waals surface area contributed by atoms with Crippen LogP contribution in [0.1, 0.15) is 10.5 Å². The van der Waals surface area contributed by atoms with Crippen LogP contribution in [0.15, 0.2) is 53.3 Å². The maximum atomic E-state index is 12.4. The van der Waals surface area contributed by atoms with Crippen LogP contribution < -0.4 is 5.32 Å². The number of hydrogen-bond donors (Lipinski definition) is 1. The Morgan fingerprint density at radius 1 is 1.29 bits per heavy atom. The maximum Gasteiger partial charge on any atom is 0.276 e. The zero-order valence-electron chi connectivity index (χ0n) is 11.2. The number of para-hydroxylation sites is 1. The van der Waals surface area contributed by atoms with Crippen LogP contribution in [-0.2, 0) is 0 Å². The Kier molecular flexibility index (Phi) is 4.03. The molecule has 5 nitrogen and oxygen atoms in total. The molecule has 0 saturated heterocycles. The summed E-state index contributed by atoms with van der Waals surface area (Å²) in [4.78, 5) is 20.8. The number of thioether (sulfide) groups is 1. The lowest BCUT2D eigenvalue weighted by molar-refractivity contribution is 0.102. The third kappa shape index (κ3) is 2.84. The van der Waals surface area contributed by atoms with Gasteiger partial charge < -0.3 is 0 Å². The lowest BCUT2D eigenvalue weighted by atomic mass is 10.3. The van der Waals surface area contributed by atoms with Crippen molar-refractivity contribution >= 4 is 34.1 Å². The standard InChI is InChI=1S/C14H12N4OS2/c1-20-14-16-9-11(12(19)17-13-15-7-8-21-13)18(14)10-5-3-2-4-6-10/h2-9H,1H3,(H,15,17,19). The average Bonchev–Trinajstić information content (AvgIpc) is 3.16. The fraction of sp³-hybridized carbons (Fsp3) is 0.0714. The highest BCUT2D eigenvalue weighted by molar-refractivity contribution is 7.98. The second kappa shape index (κ2) is 6.11. The Morgan fingerprint density at radius 3 is 2.76 bits per heavy atom. The number of imidazole rings is 1. The predicted octanol–water partition coefficient (Wildman–Crippen LogP) is 3.30. The third-order valence-corrected chi connectivity index (χ3v) is 4.15. The van der Waals surface area contributed by atoms with Gasteiger partial charge in [0.25, 0.3) is 5.91 Å². The number of hydrogen-bond acceptors (Lipinski definition) is 5. The quantitative estimate of drug-likeness (QED) is 0.750. The summed E-state index contributed by atoms with van der Waals surface area (Å²) in [7, 11) is 0. The minimum Gasteiger partial charge on any atom is -0.296 e. The monoisotopic (exact) mass is 316 g/mol. The molecule has 0 aliphatic carbocycles. The zero-order chi connectivity index (χ0) is 14.7. The molecule has 1 amide bonds. The molecule has 3 rings (SSSR count). The number of amides is 1. The molecule has 0 saturated carbocycles. The van der Waals surface area contributed by atoms with Crippen molar-refractivity contribution in [3.8, 4) is 5.69 Å². The Hall–Kier alpha value is -2.12. The van der Waals surface area contributed by atoms with Crippen molar-refractivity contribution in [2.24, 2.45) is 0 Å². The van der Waals surface area contributed by atoms with Gasteiger partial charge in [-0.2, -0.15) is 0 Å². The summed E-state index contributed by atoms with van der Waals surface area (Å²) < 4.78 is 1.84. The molecule has 3 aromatic rings. The molecular weight excluding hydrogens is 304 g/mol. The van der Waals surface area contributed by atoms with Crippen LogP contribution in [0.25, 0.3) is 5.69 Å². The third-order valence-electron chi connectivity index (χ3n) is 2.81. The molecule has 21 heavy (non-hydrogen) atoms. The van der Waals surface area contributed by atoms with Gasteiger partial charge in [0, 0.05) is 17.3 Å². The number of anilines is 1. The molecule has 0 aliphatic heterocycles. The highest BCUT2D eigenvalue weighted by atomic mass is 32.2. The van der Waals surface area contributed by atoms with Crippen molar-refractivity contribution < 1.29 is 4.79 Å². The second-order valence-electron chi connectivity index (χ2n) is 4.09. The van der Waals surface area contributed by atoms with Crippen LogP contribution in [0.5, 0.6) is 0 Å². The topological polar surface area (TPSA) is 59.8 Å². The molecule has 1 aromatic carbocycles. The largest absolute Gasteiger partial charge is 0.296 e. The van der Waals surface area contributed by atoms with Gasteiger partial charge in [0.15, 0.2) is 10.3 Å². The minimum absolute atomic E-state index is 0.221. The summed E-state index contributed by atoms with van der Waals surface area (Å²) in [6.45, 7) is 0. The first-order valence-electron chi connectivity index (χ1n) is 6.17. The summed E-state index contributed by atoms with van der Waals surface area (Å²) >= 11 is 2.88. The molecule has 1 N–H and O–H groups in total. The highest BCUT2D eigenvalue weighted by Crippen LogP contribution is 2.22. The van der Waals surface area contributed by atoms with Gasteiger partial charge in [-0.3, -0.25) is 14.7 Å². The van der Waals surface area contributed by atoms with Crippen molar-refractivity contribution in [3.05, 3.63) is 53.8 Å². The number of aromatic nitrogens is 3. The van der Waals surface area contributed by atoms with Crippen molar-refractivity contribution in [1.29, 1.82) is 0 Å². The average molecular weight is 316 g/mol. The Labute approximate surface area is 130 Å². The normalized spacial score (nSPS) is 10.5. The number of thiazole rings is 1. The van der Waals surface area contributed by atoms with E-state index in [1.54, 1.807) is 12.4 Å². The maximum absolute atomic E-state index is 12.4.